The first-order valence-electron chi connectivity index (χ1n) is 11.3. The molecule has 0 aromatic heterocycles. The van der Waals surface area contributed by atoms with Gasteiger partial charge in [-0.05, 0) is 37.8 Å². The summed E-state index contributed by atoms with van der Waals surface area (Å²) in [6.07, 6.45) is 16.9. The van der Waals surface area contributed by atoms with Crippen LogP contribution in [0.5, 0.6) is 5.75 Å². The summed E-state index contributed by atoms with van der Waals surface area (Å²) in [4.78, 5) is 12.3. The zero-order valence-electron chi connectivity index (χ0n) is 18.0. The van der Waals surface area contributed by atoms with E-state index in [0.29, 0.717) is 0 Å². The van der Waals surface area contributed by atoms with E-state index >= 15 is 0 Å². The third-order valence-electron chi connectivity index (χ3n) is 5.10. The average molecular weight is 389 g/mol. The first-order chi connectivity index (χ1) is 13.7. The van der Waals surface area contributed by atoms with Gasteiger partial charge in [-0.25, -0.2) is 5.43 Å². The summed E-state index contributed by atoms with van der Waals surface area (Å²) in [5.74, 6) is -0.356. The van der Waals surface area contributed by atoms with Crippen LogP contribution in [0.25, 0.3) is 0 Å². The van der Waals surface area contributed by atoms with E-state index in [0.717, 1.165) is 31.4 Å². The molecule has 4 nitrogen and oxygen atoms in total. The molecule has 0 bridgehead atoms. The number of hydrogen-bond acceptors (Lipinski definition) is 3. The molecule has 0 heterocycles. The van der Waals surface area contributed by atoms with Crippen molar-refractivity contribution in [3.63, 3.8) is 0 Å². The maximum atomic E-state index is 12.3. The molecule has 2 N–H and O–H groups in total. The van der Waals surface area contributed by atoms with Crippen molar-refractivity contribution < 1.29 is 9.90 Å². The van der Waals surface area contributed by atoms with Crippen molar-refractivity contribution in [1.82, 2.24) is 5.43 Å². The number of nitrogens with zero attached hydrogens (tertiary/aromatic N) is 1. The van der Waals surface area contributed by atoms with Gasteiger partial charge in [-0.1, -0.05) is 90.2 Å². The number of para-hydroxylation sites is 1. The maximum absolute atomic E-state index is 12.3. The van der Waals surface area contributed by atoms with E-state index in [9.17, 15) is 9.90 Å². The molecular weight excluding hydrogens is 348 g/mol. The zero-order chi connectivity index (χ0) is 20.5. The predicted octanol–water partition coefficient (Wildman–Crippen LogP) is 6.98. The summed E-state index contributed by atoms with van der Waals surface area (Å²) in [6, 6.07) is 6.58. The molecule has 0 unspecified atom stereocenters. The lowest BCUT2D eigenvalue weighted by Gasteiger charge is -2.09. The molecule has 1 aromatic carbocycles. The van der Waals surface area contributed by atoms with E-state index in [1.165, 1.54) is 70.3 Å². The Morgan fingerprint density at radius 1 is 0.821 bits per heavy atom. The Bertz CT molecular complexity index is 551. The minimum atomic E-state index is -0.346. The fourth-order valence-corrected chi connectivity index (χ4v) is 3.31. The summed E-state index contributed by atoms with van der Waals surface area (Å²) in [7, 11) is 0. The molecule has 158 valence electrons. The van der Waals surface area contributed by atoms with Crippen molar-refractivity contribution in [2.75, 3.05) is 0 Å². The number of phenols is 1. The Labute approximate surface area is 171 Å². The first kappa shape index (κ1) is 24.2. The van der Waals surface area contributed by atoms with Gasteiger partial charge in [0.25, 0.3) is 5.91 Å². The smallest absolute Gasteiger partial charge is 0.275 e. The Hall–Kier alpha value is -1.84. The van der Waals surface area contributed by atoms with E-state index in [2.05, 4.69) is 24.4 Å². The van der Waals surface area contributed by atoms with Gasteiger partial charge in [0.1, 0.15) is 5.75 Å². The summed E-state index contributed by atoms with van der Waals surface area (Å²) in [5, 5.41) is 14.2. The van der Waals surface area contributed by atoms with Crippen LogP contribution in [0.2, 0.25) is 0 Å². The number of rotatable bonds is 16. The molecule has 0 aliphatic rings. The number of hydrazone groups is 1. The highest BCUT2D eigenvalue weighted by Crippen LogP contribution is 2.16. The monoisotopic (exact) mass is 388 g/mol. The lowest BCUT2D eigenvalue weighted by Crippen LogP contribution is -2.20. The molecule has 28 heavy (non-hydrogen) atoms. The molecule has 0 aliphatic carbocycles. The fourth-order valence-electron chi connectivity index (χ4n) is 3.31. The van der Waals surface area contributed by atoms with E-state index < -0.39 is 0 Å². The molecule has 0 radical (unpaired) electrons. The van der Waals surface area contributed by atoms with Gasteiger partial charge < -0.3 is 5.11 Å². The van der Waals surface area contributed by atoms with Crippen LogP contribution in [0.1, 0.15) is 114 Å². The van der Waals surface area contributed by atoms with Crippen LogP contribution in [0.3, 0.4) is 0 Å². The second-order valence-electron chi connectivity index (χ2n) is 7.67. The number of amides is 1. The molecule has 0 atom stereocenters. The number of phenolic OH excluding ortho intramolecular Hbond substituents is 1. The number of aromatic hydroxyl groups is 1. The standard InChI is InChI=1S/C24H40N2O2/c1-3-5-7-9-11-13-17-21(18-14-12-10-8-6-4-2)25-26-24(28)22-19-15-16-20-23(22)27/h15-16,19-20,27H,3-14,17-18H2,1-2H3,(H,26,28). The van der Waals surface area contributed by atoms with Crippen LogP contribution >= 0.6 is 0 Å². The van der Waals surface area contributed by atoms with Crippen LogP contribution in [-0.2, 0) is 0 Å². The van der Waals surface area contributed by atoms with Crippen molar-refractivity contribution in [3.8, 4) is 5.75 Å². The molecule has 1 aromatic rings. The van der Waals surface area contributed by atoms with Crippen LogP contribution in [0, 0.1) is 0 Å². The number of hydrogen-bond donors (Lipinski definition) is 2. The topological polar surface area (TPSA) is 61.7 Å². The molecule has 1 rings (SSSR count). The number of carbonyl (C=O) groups excluding carboxylic acids is 1. The second-order valence-corrected chi connectivity index (χ2v) is 7.67. The van der Waals surface area contributed by atoms with E-state index in [1.807, 2.05) is 0 Å². The number of carbonyl (C=O) groups is 1. The molecule has 0 saturated carbocycles. The Morgan fingerprint density at radius 2 is 1.32 bits per heavy atom. The summed E-state index contributed by atoms with van der Waals surface area (Å²) in [5.41, 5.74) is 4.00. The predicted molar refractivity (Wildman–Crippen MR) is 119 cm³/mol. The van der Waals surface area contributed by atoms with Crippen molar-refractivity contribution in [2.45, 2.75) is 104 Å². The minimum absolute atomic E-state index is 0.0106. The van der Waals surface area contributed by atoms with Crippen LogP contribution in [0.15, 0.2) is 29.4 Å². The van der Waals surface area contributed by atoms with Gasteiger partial charge in [-0.15, -0.1) is 0 Å². The summed E-state index contributed by atoms with van der Waals surface area (Å²) >= 11 is 0. The SMILES string of the molecule is CCCCCCCCC(CCCCCCCC)=NNC(=O)c1ccccc1O. The van der Waals surface area contributed by atoms with Crippen LogP contribution in [0.4, 0.5) is 0 Å². The normalized spacial score (nSPS) is 10.6. The van der Waals surface area contributed by atoms with E-state index in [1.54, 1.807) is 18.2 Å². The van der Waals surface area contributed by atoms with Gasteiger partial charge in [0.05, 0.1) is 5.56 Å². The first-order valence-corrected chi connectivity index (χ1v) is 11.3. The van der Waals surface area contributed by atoms with Crippen molar-refractivity contribution in [1.29, 1.82) is 0 Å². The van der Waals surface area contributed by atoms with Gasteiger partial charge in [0.2, 0.25) is 0 Å². The van der Waals surface area contributed by atoms with Gasteiger partial charge in [0, 0.05) is 5.71 Å². The Kier molecular flexibility index (Phi) is 14.0. The largest absolute Gasteiger partial charge is 0.507 e. The minimum Gasteiger partial charge on any atom is -0.507 e. The highest BCUT2D eigenvalue weighted by atomic mass is 16.3. The maximum Gasteiger partial charge on any atom is 0.275 e. The molecular formula is C24H40N2O2. The molecule has 0 aliphatic heterocycles. The van der Waals surface area contributed by atoms with E-state index in [-0.39, 0.29) is 17.2 Å². The van der Waals surface area contributed by atoms with E-state index in [4.69, 9.17) is 0 Å². The van der Waals surface area contributed by atoms with Crippen LogP contribution in [-0.4, -0.2) is 16.7 Å². The molecule has 0 fully saturated rings. The molecule has 0 saturated heterocycles. The fraction of sp³-hybridized carbons (Fsp3) is 0.667. The summed E-state index contributed by atoms with van der Waals surface area (Å²) < 4.78 is 0. The summed E-state index contributed by atoms with van der Waals surface area (Å²) in [6.45, 7) is 4.47. The highest BCUT2D eigenvalue weighted by molar-refractivity contribution is 5.97. The van der Waals surface area contributed by atoms with Crippen LogP contribution < -0.4 is 5.43 Å². The Morgan fingerprint density at radius 3 is 1.86 bits per heavy atom. The quantitative estimate of drug-likeness (QED) is 0.182. The van der Waals surface area contributed by atoms with Gasteiger partial charge in [-0.3, -0.25) is 4.79 Å². The van der Waals surface area contributed by atoms with Gasteiger partial charge in [0.15, 0.2) is 0 Å². The van der Waals surface area contributed by atoms with Gasteiger partial charge >= 0.3 is 0 Å². The number of nitrogens with one attached hydrogen (secondary N) is 1. The lowest BCUT2D eigenvalue weighted by molar-refractivity contribution is 0.0952. The highest BCUT2D eigenvalue weighted by Gasteiger charge is 2.10. The molecule has 0 spiro atoms. The third-order valence-corrected chi connectivity index (χ3v) is 5.10. The lowest BCUT2D eigenvalue weighted by atomic mass is 10.0. The van der Waals surface area contributed by atoms with Crippen molar-refractivity contribution in [2.24, 2.45) is 5.10 Å². The van der Waals surface area contributed by atoms with Crippen molar-refractivity contribution >= 4 is 11.6 Å². The molecule has 4 heteroatoms. The van der Waals surface area contributed by atoms with Crippen molar-refractivity contribution in [3.05, 3.63) is 29.8 Å². The van der Waals surface area contributed by atoms with Gasteiger partial charge in [-0.2, -0.15) is 5.10 Å². The number of benzene rings is 1. The third kappa shape index (κ3) is 11.1. The average Bonchev–Trinajstić information content (AvgIpc) is 2.70. The zero-order valence-corrected chi connectivity index (χ0v) is 18.0. The molecule has 1 amide bonds. The number of unbranched alkanes of at least 4 members (excludes halogenated alkanes) is 10. The Balaban J connectivity index is 2.48. The second kappa shape index (κ2) is 16.1.